The zero-order chi connectivity index (χ0) is 9.61. The van der Waals surface area contributed by atoms with Gasteiger partial charge in [0.1, 0.15) is 12.2 Å². The summed E-state index contributed by atoms with van der Waals surface area (Å²) in [5.74, 6) is -0.508. The van der Waals surface area contributed by atoms with Crippen LogP contribution in [0.1, 0.15) is 27.7 Å². The molecule has 0 amide bonds. The molecular formula is C8H16O4. The second-order valence-electron chi connectivity index (χ2n) is 3.29. The summed E-state index contributed by atoms with van der Waals surface area (Å²) in [6.07, 6.45) is 0. The van der Waals surface area contributed by atoms with E-state index in [1.807, 2.05) is 0 Å². The average molecular weight is 176 g/mol. The fourth-order valence-corrected chi connectivity index (χ4v) is 0.381. The first-order valence-corrected chi connectivity index (χ1v) is 3.92. The summed E-state index contributed by atoms with van der Waals surface area (Å²) in [7, 11) is 0. The third-order valence-electron chi connectivity index (χ3n) is 0.809. The van der Waals surface area contributed by atoms with Gasteiger partial charge in [-0.25, -0.2) is 4.79 Å². The highest BCUT2D eigenvalue weighted by atomic mass is 17.2. The van der Waals surface area contributed by atoms with Gasteiger partial charge in [-0.1, -0.05) is 0 Å². The molecule has 0 aliphatic heterocycles. The number of carbonyl (C=O) groups excluding carboxylic acids is 1. The number of hydrogen-bond acceptors (Lipinski definition) is 4. The van der Waals surface area contributed by atoms with Gasteiger partial charge in [-0.2, -0.15) is 4.89 Å². The van der Waals surface area contributed by atoms with Gasteiger partial charge in [-0.05, 0) is 27.7 Å². The first-order chi connectivity index (χ1) is 5.45. The maximum Gasteiger partial charge on any atom is 0.367 e. The highest BCUT2D eigenvalue weighted by Gasteiger charge is 2.14. The topological polar surface area (TPSA) is 44.8 Å². The molecule has 4 heteroatoms. The van der Waals surface area contributed by atoms with E-state index >= 15 is 0 Å². The molecule has 0 aliphatic carbocycles. The van der Waals surface area contributed by atoms with Gasteiger partial charge in [0.2, 0.25) is 0 Å². The molecule has 0 N–H and O–H groups in total. The van der Waals surface area contributed by atoms with Gasteiger partial charge in [0.15, 0.2) is 0 Å². The van der Waals surface area contributed by atoms with Crippen LogP contribution in [0.5, 0.6) is 0 Å². The van der Waals surface area contributed by atoms with Crippen LogP contribution in [0.2, 0.25) is 0 Å². The minimum absolute atomic E-state index is 0.0629. The monoisotopic (exact) mass is 176 g/mol. The predicted octanol–water partition coefficient (Wildman–Crippen LogP) is 1.30. The van der Waals surface area contributed by atoms with Crippen molar-refractivity contribution in [3.8, 4) is 0 Å². The Morgan fingerprint density at radius 1 is 1.33 bits per heavy atom. The van der Waals surface area contributed by atoms with Crippen molar-refractivity contribution in [3.63, 3.8) is 0 Å². The molecule has 0 atom stereocenters. The Bertz CT molecular complexity index is 136. The van der Waals surface area contributed by atoms with E-state index in [9.17, 15) is 4.79 Å². The van der Waals surface area contributed by atoms with E-state index in [4.69, 9.17) is 9.62 Å². The Morgan fingerprint density at radius 2 is 1.92 bits per heavy atom. The molecule has 0 saturated carbocycles. The van der Waals surface area contributed by atoms with Crippen LogP contribution >= 0.6 is 0 Å². The number of ether oxygens (including phenoxy) is 1. The summed E-state index contributed by atoms with van der Waals surface area (Å²) in [4.78, 5) is 20.0. The second kappa shape index (κ2) is 5.11. The lowest BCUT2D eigenvalue weighted by atomic mass is 10.2. The summed E-state index contributed by atoms with van der Waals surface area (Å²) in [6, 6.07) is 0. The van der Waals surface area contributed by atoms with Crippen LogP contribution in [-0.2, 0) is 19.3 Å². The highest BCUT2D eigenvalue weighted by Crippen LogP contribution is 2.06. The molecule has 0 aromatic heterocycles. The largest absolute Gasteiger partial charge is 0.370 e. The summed E-state index contributed by atoms with van der Waals surface area (Å²) in [5.41, 5.74) is -0.470. The maximum absolute atomic E-state index is 10.8. The molecular weight excluding hydrogens is 160 g/mol. The lowest BCUT2D eigenvalue weighted by Gasteiger charge is -2.16. The number of rotatable bonds is 4. The second-order valence-corrected chi connectivity index (χ2v) is 3.29. The predicted molar refractivity (Wildman–Crippen MR) is 43.4 cm³/mol. The molecule has 0 aliphatic rings. The Balaban J connectivity index is 3.44. The zero-order valence-electron chi connectivity index (χ0n) is 8.05. The van der Waals surface area contributed by atoms with Crippen molar-refractivity contribution in [2.75, 3.05) is 13.2 Å². The molecule has 0 bridgehead atoms. The SMILES string of the molecule is CCOCC(=O)OOC(C)(C)C. The Hall–Kier alpha value is -0.610. The summed E-state index contributed by atoms with van der Waals surface area (Å²) >= 11 is 0. The minimum Gasteiger partial charge on any atom is -0.370 e. The lowest BCUT2D eigenvalue weighted by Crippen LogP contribution is -2.23. The van der Waals surface area contributed by atoms with Crippen molar-refractivity contribution in [1.29, 1.82) is 0 Å². The smallest absolute Gasteiger partial charge is 0.367 e. The van der Waals surface area contributed by atoms with E-state index in [2.05, 4.69) is 4.89 Å². The van der Waals surface area contributed by atoms with Crippen LogP contribution in [0.15, 0.2) is 0 Å². The van der Waals surface area contributed by atoms with Crippen molar-refractivity contribution < 1.29 is 19.3 Å². The Labute approximate surface area is 72.7 Å². The van der Waals surface area contributed by atoms with Gasteiger partial charge in [-0.15, -0.1) is 0 Å². The van der Waals surface area contributed by atoms with Crippen LogP contribution < -0.4 is 0 Å². The molecule has 0 saturated heterocycles. The zero-order valence-corrected chi connectivity index (χ0v) is 8.05. The van der Waals surface area contributed by atoms with E-state index in [0.717, 1.165) is 0 Å². The van der Waals surface area contributed by atoms with Crippen LogP contribution in [-0.4, -0.2) is 24.8 Å². The van der Waals surface area contributed by atoms with E-state index in [1.165, 1.54) is 0 Å². The van der Waals surface area contributed by atoms with Crippen molar-refractivity contribution >= 4 is 5.97 Å². The van der Waals surface area contributed by atoms with E-state index < -0.39 is 11.6 Å². The van der Waals surface area contributed by atoms with Gasteiger partial charge in [-0.3, -0.25) is 4.89 Å². The van der Waals surface area contributed by atoms with E-state index in [-0.39, 0.29) is 6.61 Å². The Morgan fingerprint density at radius 3 is 2.33 bits per heavy atom. The molecule has 0 fully saturated rings. The summed E-state index contributed by atoms with van der Waals surface area (Å²) in [6.45, 7) is 7.61. The van der Waals surface area contributed by atoms with Crippen LogP contribution in [0.4, 0.5) is 0 Å². The van der Waals surface area contributed by atoms with Gasteiger partial charge < -0.3 is 4.74 Å². The first kappa shape index (κ1) is 11.4. The summed E-state index contributed by atoms with van der Waals surface area (Å²) in [5, 5.41) is 0. The van der Waals surface area contributed by atoms with Gasteiger partial charge in [0.25, 0.3) is 0 Å². The molecule has 0 radical (unpaired) electrons. The van der Waals surface area contributed by atoms with Crippen molar-refractivity contribution in [3.05, 3.63) is 0 Å². The average Bonchev–Trinajstić information content (AvgIpc) is 1.95. The van der Waals surface area contributed by atoms with Crippen LogP contribution in [0, 0.1) is 0 Å². The standard InChI is InChI=1S/C8H16O4/c1-5-10-6-7(9)11-12-8(2,3)4/h5-6H2,1-4H3. The Kier molecular flexibility index (Phi) is 4.85. The summed E-state index contributed by atoms with van der Waals surface area (Å²) < 4.78 is 4.81. The van der Waals surface area contributed by atoms with Gasteiger partial charge in [0, 0.05) is 6.61 Å². The van der Waals surface area contributed by atoms with Crippen molar-refractivity contribution in [2.24, 2.45) is 0 Å². The minimum atomic E-state index is -0.508. The van der Waals surface area contributed by atoms with Crippen molar-refractivity contribution in [2.45, 2.75) is 33.3 Å². The molecule has 0 aromatic rings. The fourth-order valence-electron chi connectivity index (χ4n) is 0.381. The fraction of sp³-hybridized carbons (Fsp3) is 0.875. The molecule has 72 valence electrons. The number of hydrogen-bond donors (Lipinski definition) is 0. The van der Waals surface area contributed by atoms with Gasteiger partial charge in [0.05, 0.1) is 0 Å². The molecule has 4 nitrogen and oxygen atoms in total. The van der Waals surface area contributed by atoms with Crippen LogP contribution in [0.25, 0.3) is 0 Å². The lowest BCUT2D eigenvalue weighted by molar-refractivity contribution is -0.322. The molecule has 0 spiro atoms. The third kappa shape index (κ3) is 7.50. The molecule has 12 heavy (non-hydrogen) atoms. The van der Waals surface area contributed by atoms with Crippen LogP contribution in [0.3, 0.4) is 0 Å². The third-order valence-corrected chi connectivity index (χ3v) is 0.809. The molecule has 0 unspecified atom stereocenters. The normalized spacial score (nSPS) is 11.3. The van der Waals surface area contributed by atoms with E-state index in [0.29, 0.717) is 6.61 Å². The highest BCUT2D eigenvalue weighted by molar-refractivity contribution is 5.69. The number of carbonyl (C=O) groups is 1. The molecule has 0 heterocycles. The van der Waals surface area contributed by atoms with E-state index in [1.54, 1.807) is 27.7 Å². The first-order valence-electron chi connectivity index (χ1n) is 3.92. The van der Waals surface area contributed by atoms with Crippen molar-refractivity contribution in [1.82, 2.24) is 0 Å². The molecule has 0 rings (SSSR count). The quantitative estimate of drug-likeness (QED) is 0.478. The maximum atomic E-state index is 10.8. The van der Waals surface area contributed by atoms with Gasteiger partial charge >= 0.3 is 5.97 Å². The molecule has 0 aromatic carbocycles.